The third-order valence-electron chi connectivity index (χ3n) is 5.99. The topological polar surface area (TPSA) is 79.8 Å². The fourth-order valence-corrected chi connectivity index (χ4v) is 4.33. The Morgan fingerprint density at radius 2 is 1.83 bits per heavy atom. The van der Waals surface area contributed by atoms with Gasteiger partial charge in [-0.25, -0.2) is 4.39 Å². The number of carbonyl (C=O) groups excluding carboxylic acids is 1. The van der Waals surface area contributed by atoms with Gasteiger partial charge in [-0.1, -0.05) is 48.0 Å². The molecule has 8 heteroatoms. The summed E-state index contributed by atoms with van der Waals surface area (Å²) in [5.41, 5.74) is 4.25. The molecule has 0 aliphatic rings. The van der Waals surface area contributed by atoms with Crippen LogP contribution in [0.1, 0.15) is 32.6 Å². The van der Waals surface area contributed by atoms with Crippen molar-refractivity contribution in [3.8, 4) is 0 Å². The zero-order chi connectivity index (χ0) is 25.1. The summed E-state index contributed by atoms with van der Waals surface area (Å²) in [4.78, 5) is 31.8. The number of amides is 1. The Morgan fingerprint density at radius 1 is 1.03 bits per heavy atom. The number of hydrogen-bond acceptors (Lipinski definition) is 3. The molecule has 36 heavy (non-hydrogen) atoms. The molecule has 0 unspecified atom stereocenters. The Labute approximate surface area is 211 Å². The molecule has 0 saturated heterocycles. The summed E-state index contributed by atoms with van der Waals surface area (Å²) in [6, 6.07) is 18.2. The number of hydrogen-bond donors (Lipinski definition) is 2. The molecule has 0 aliphatic carbocycles. The summed E-state index contributed by atoms with van der Waals surface area (Å²) in [5.74, 6) is -0.792. The molecule has 0 aliphatic heterocycles. The smallest absolute Gasteiger partial charge is 0.253 e. The van der Waals surface area contributed by atoms with Crippen LogP contribution in [0.5, 0.6) is 0 Å². The maximum atomic E-state index is 14.8. The number of halogens is 2. The van der Waals surface area contributed by atoms with Gasteiger partial charge in [-0.3, -0.25) is 14.6 Å². The number of rotatable bonds is 7. The minimum absolute atomic E-state index is 0.0261. The summed E-state index contributed by atoms with van der Waals surface area (Å²) in [6.45, 7) is 0.527. The quantitative estimate of drug-likeness (QED) is 0.327. The lowest BCUT2D eigenvalue weighted by Crippen LogP contribution is -2.23. The summed E-state index contributed by atoms with van der Waals surface area (Å²) in [6.07, 6.45) is 7.10. The Balaban J connectivity index is 1.23. The first-order valence-electron chi connectivity index (χ1n) is 11.4. The van der Waals surface area contributed by atoms with Crippen molar-refractivity contribution in [1.29, 1.82) is 0 Å². The monoisotopic (exact) mass is 500 g/mol. The van der Waals surface area contributed by atoms with Gasteiger partial charge in [0.25, 0.3) is 11.5 Å². The maximum absolute atomic E-state index is 14.8. The summed E-state index contributed by atoms with van der Waals surface area (Å²) < 4.78 is 16.5. The second-order valence-electron chi connectivity index (χ2n) is 8.52. The second kappa shape index (κ2) is 10.2. The fraction of sp³-hybridized carbons (Fsp3) is 0.107. The van der Waals surface area contributed by atoms with E-state index in [0.717, 1.165) is 16.7 Å². The van der Waals surface area contributed by atoms with Crippen molar-refractivity contribution in [3.63, 3.8) is 0 Å². The average Bonchev–Trinajstić information content (AvgIpc) is 3.27. The van der Waals surface area contributed by atoms with Crippen LogP contribution in [0, 0.1) is 5.82 Å². The molecule has 5 aromatic rings. The van der Waals surface area contributed by atoms with Gasteiger partial charge in [0.05, 0.1) is 22.5 Å². The zero-order valence-electron chi connectivity index (χ0n) is 19.2. The van der Waals surface area contributed by atoms with E-state index in [0.29, 0.717) is 40.0 Å². The largest absolute Gasteiger partial charge is 0.360 e. The Hall–Kier alpha value is -4.23. The molecular formula is C28H22ClFN4O2. The van der Waals surface area contributed by atoms with Gasteiger partial charge in [-0.2, -0.15) is 0 Å². The number of aromatic nitrogens is 3. The van der Waals surface area contributed by atoms with Gasteiger partial charge >= 0.3 is 0 Å². The highest BCUT2D eigenvalue weighted by molar-refractivity contribution is 6.35. The highest BCUT2D eigenvalue weighted by Crippen LogP contribution is 2.27. The molecule has 2 N–H and O–H groups in total. The third kappa shape index (κ3) is 5.06. The number of nitrogens with one attached hydrogen (secondary N) is 2. The number of fused-ring (bicyclic) bond motifs is 1. The van der Waals surface area contributed by atoms with Crippen molar-refractivity contribution in [2.24, 2.45) is 0 Å². The molecule has 0 atom stereocenters. The first-order chi connectivity index (χ1) is 17.5. The number of aromatic amines is 1. The number of pyridine rings is 2. The zero-order valence-corrected chi connectivity index (χ0v) is 19.9. The van der Waals surface area contributed by atoms with E-state index in [-0.39, 0.29) is 18.0 Å². The van der Waals surface area contributed by atoms with E-state index >= 15 is 0 Å². The number of H-pyrrole nitrogens is 1. The Bertz CT molecular complexity index is 1610. The van der Waals surface area contributed by atoms with E-state index in [9.17, 15) is 14.0 Å². The van der Waals surface area contributed by atoms with E-state index in [1.807, 2.05) is 30.3 Å². The summed E-state index contributed by atoms with van der Waals surface area (Å²) >= 11 is 6.06. The van der Waals surface area contributed by atoms with Crippen molar-refractivity contribution >= 4 is 28.4 Å². The van der Waals surface area contributed by atoms with Gasteiger partial charge in [0, 0.05) is 48.5 Å². The number of nitrogens with zero attached hydrogens (tertiary/aromatic N) is 2. The van der Waals surface area contributed by atoms with Gasteiger partial charge < -0.3 is 14.9 Å². The highest BCUT2D eigenvalue weighted by Gasteiger charge is 2.14. The predicted molar refractivity (Wildman–Crippen MR) is 138 cm³/mol. The van der Waals surface area contributed by atoms with Crippen LogP contribution >= 0.6 is 11.6 Å². The van der Waals surface area contributed by atoms with Crippen LogP contribution in [0.25, 0.3) is 10.9 Å². The van der Waals surface area contributed by atoms with Gasteiger partial charge in [-0.05, 0) is 41.3 Å². The summed E-state index contributed by atoms with van der Waals surface area (Å²) in [7, 11) is 0. The summed E-state index contributed by atoms with van der Waals surface area (Å²) in [5, 5.41) is 3.37. The first kappa shape index (κ1) is 23.5. The molecule has 3 aromatic heterocycles. The lowest BCUT2D eigenvalue weighted by Gasteiger charge is -2.09. The van der Waals surface area contributed by atoms with E-state index in [1.165, 1.54) is 18.5 Å². The van der Waals surface area contributed by atoms with E-state index in [2.05, 4.69) is 15.3 Å². The molecule has 2 aromatic carbocycles. The van der Waals surface area contributed by atoms with E-state index in [1.54, 1.807) is 41.2 Å². The van der Waals surface area contributed by atoms with Crippen LogP contribution in [0.3, 0.4) is 0 Å². The normalized spacial score (nSPS) is 11.1. The van der Waals surface area contributed by atoms with Crippen LogP contribution in [0.2, 0.25) is 5.02 Å². The molecule has 0 spiro atoms. The predicted octanol–water partition coefficient (Wildman–Crippen LogP) is 5.09. The van der Waals surface area contributed by atoms with E-state index < -0.39 is 5.82 Å². The SMILES string of the molecule is O=C(NCc1ccc2[nH]cc(Cl)c2c1F)c1cncc(Cc2ccc(Cn3ccccc3=O)cc2)c1. The van der Waals surface area contributed by atoms with Gasteiger partial charge in [0.1, 0.15) is 5.82 Å². The van der Waals surface area contributed by atoms with Crippen molar-refractivity contribution in [1.82, 2.24) is 19.9 Å². The minimum Gasteiger partial charge on any atom is -0.360 e. The number of carbonyl (C=O) groups is 1. The van der Waals surface area contributed by atoms with E-state index in [4.69, 9.17) is 11.6 Å². The first-order valence-corrected chi connectivity index (χ1v) is 11.7. The van der Waals surface area contributed by atoms with Gasteiger partial charge in [-0.15, -0.1) is 0 Å². The maximum Gasteiger partial charge on any atom is 0.253 e. The lowest BCUT2D eigenvalue weighted by molar-refractivity contribution is 0.0950. The standard InChI is InChI=1S/C28H22ClFN4O2/c29-23-16-32-24-9-8-21(27(30)26(23)24)15-33-28(36)22-12-20(13-31-14-22)11-18-4-6-19(7-5-18)17-34-10-2-1-3-25(34)35/h1-10,12-14,16,32H,11,15,17H2,(H,33,36). The molecule has 5 rings (SSSR count). The molecule has 180 valence electrons. The van der Waals surface area contributed by atoms with Gasteiger partial charge in [0.15, 0.2) is 0 Å². The van der Waals surface area contributed by atoms with Crippen molar-refractivity contribution in [3.05, 3.63) is 134 Å². The fourth-order valence-electron chi connectivity index (χ4n) is 4.09. The average molecular weight is 501 g/mol. The van der Waals surface area contributed by atoms with Crippen LogP contribution < -0.4 is 10.9 Å². The van der Waals surface area contributed by atoms with Gasteiger partial charge in [0.2, 0.25) is 0 Å². The molecule has 6 nitrogen and oxygen atoms in total. The molecule has 0 saturated carbocycles. The Kier molecular flexibility index (Phi) is 6.64. The molecule has 0 bridgehead atoms. The number of benzene rings is 2. The van der Waals surface area contributed by atoms with Crippen molar-refractivity contribution < 1.29 is 9.18 Å². The molecule has 0 radical (unpaired) electrons. The molecule has 1 amide bonds. The van der Waals surface area contributed by atoms with Crippen molar-refractivity contribution in [2.75, 3.05) is 0 Å². The lowest BCUT2D eigenvalue weighted by atomic mass is 10.0. The molecule has 3 heterocycles. The van der Waals surface area contributed by atoms with Crippen molar-refractivity contribution in [2.45, 2.75) is 19.5 Å². The van der Waals surface area contributed by atoms with Crippen LogP contribution in [-0.2, 0) is 19.5 Å². The minimum atomic E-state index is -0.452. The van der Waals surface area contributed by atoms with Crippen LogP contribution in [0.4, 0.5) is 4.39 Å². The third-order valence-corrected chi connectivity index (χ3v) is 6.29. The second-order valence-corrected chi connectivity index (χ2v) is 8.93. The molecule has 0 fully saturated rings. The Morgan fingerprint density at radius 3 is 2.64 bits per heavy atom. The highest BCUT2D eigenvalue weighted by atomic mass is 35.5. The van der Waals surface area contributed by atoms with Crippen LogP contribution in [0.15, 0.2) is 90.2 Å². The van der Waals surface area contributed by atoms with Crippen LogP contribution in [-0.4, -0.2) is 20.4 Å². The molecular weight excluding hydrogens is 479 g/mol.